The van der Waals surface area contributed by atoms with Crippen LogP contribution in [0.5, 0.6) is 0 Å². The van der Waals surface area contributed by atoms with Crippen molar-refractivity contribution in [2.45, 2.75) is 33.1 Å². The fraction of sp³-hybridized carbons (Fsp3) is 0.240. The van der Waals surface area contributed by atoms with Crippen LogP contribution in [0.25, 0.3) is 0 Å². The van der Waals surface area contributed by atoms with Gasteiger partial charge in [-0.25, -0.2) is 22.0 Å². The maximum absolute atomic E-state index is 14.1. The Hall–Kier alpha value is -3.42. The van der Waals surface area contributed by atoms with Gasteiger partial charge in [-0.15, -0.1) is 0 Å². The first-order valence-corrected chi connectivity index (χ1v) is 10.3. The summed E-state index contributed by atoms with van der Waals surface area (Å²) < 4.78 is 68.9. The van der Waals surface area contributed by atoms with E-state index in [1.807, 2.05) is 68.2 Å². The molecule has 0 unspecified atom stereocenters. The van der Waals surface area contributed by atoms with Crippen LogP contribution in [0.4, 0.5) is 39.0 Å². The Morgan fingerprint density at radius 2 is 1.39 bits per heavy atom. The van der Waals surface area contributed by atoms with E-state index in [0.29, 0.717) is 12.2 Å². The van der Waals surface area contributed by atoms with E-state index in [9.17, 15) is 26.7 Å². The highest BCUT2D eigenvalue weighted by atomic mass is 19.2. The molecule has 0 bridgehead atoms. The van der Waals surface area contributed by atoms with Gasteiger partial charge in [0.1, 0.15) is 5.69 Å². The largest absolute Gasteiger partial charge is 0.341 e. The van der Waals surface area contributed by atoms with E-state index < -0.39 is 40.7 Å². The van der Waals surface area contributed by atoms with Gasteiger partial charge in [-0.1, -0.05) is 45.0 Å². The van der Waals surface area contributed by atoms with Crippen LogP contribution in [0.3, 0.4) is 0 Å². The summed E-state index contributed by atoms with van der Waals surface area (Å²) >= 11 is 0. The molecule has 0 aromatic heterocycles. The second kappa shape index (κ2) is 9.21. The Bertz CT molecular complexity index is 1160. The molecule has 174 valence electrons. The molecular weight excluding hydrogens is 439 g/mol. The third-order valence-corrected chi connectivity index (χ3v) is 5.23. The van der Waals surface area contributed by atoms with Crippen molar-refractivity contribution in [1.29, 1.82) is 0 Å². The summed E-state index contributed by atoms with van der Waals surface area (Å²) in [7, 11) is 0. The van der Waals surface area contributed by atoms with Gasteiger partial charge < -0.3 is 10.2 Å². The maximum Gasteiger partial charge on any atom is 0.257 e. The molecule has 8 heteroatoms. The maximum atomic E-state index is 14.1. The van der Waals surface area contributed by atoms with Crippen molar-refractivity contribution < 1.29 is 26.7 Å². The van der Waals surface area contributed by atoms with Crippen LogP contribution in [0, 0.1) is 29.1 Å². The molecule has 0 aliphatic heterocycles. The number of hydrogen-bond acceptors (Lipinski definition) is 2. The van der Waals surface area contributed by atoms with Crippen molar-refractivity contribution >= 4 is 23.0 Å². The summed E-state index contributed by atoms with van der Waals surface area (Å²) in [5.74, 6) is -11.8. The number of benzene rings is 3. The first-order chi connectivity index (χ1) is 15.5. The molecule has 1 N–H and O–H groups in total. The predicted molar refractivity (Wildman–Crippen MR) is 118 cm³/mol. The van der Waals surface area contributed by atoms with Gasteiger partial charge in [0.25, 0.3) is 5.91 Å². The molecular formula is C25H23F5N2O. The van der Waals surface area contributed by atoms with E-state index in [-0.39, 0.29) is 11.0 Å². The highest BCUT2D eigenvalue weighted by Crippen LogP contribution is 2.35. The molecule has 0 atom stereocenters. The van der Waals surface area contributed by atoms with Crippen LogP contribution in [0.2, 0.25) is 0 Å². The molecule has 0 fully saturated rings. The fourth-order valence-corrected chi connectivity index (χ4v) is 3.41. The smallest absolute Gasteiger partial charge is 0.257 e. The van der Waals surface area contributed by atoms with Gasteiger partial charge in [0.05, 0.1) is 11.3 Å². The summed E-state index contributed by atoms with van der Waals surface area (Å²) in [4.78, 5) is 14.9. The number of amides is 1. The number of rotatable bonds is 5. The quantitative estimate of drug-likeness (QED) is 0.249. The SMILES string of the molecule is CCN(c1ccccc1)c1cc(C(C)(C)C)ccc1C(=O)Nc1c(F)c(F)c(F)c(F)c1F. The minimum Gasteiger partial charge on any atom is -0.341 e. The molecule has 3 aromatic carbocycles. The molecule has 0 aliphatic rings. The standard InChI is InChI=1S/C25H23F5N2O/c1-5-32(15-9-7-6-8-10-15)17-13-14(25(2,3)4)11-12-16(17)24(33)31-23-21(29)19(27)18(26)20(28)22(23)30/h6-13H,5H2,1-4H3,(H,31,33). The zero-order valence-electron chi connectivity index (χ0n) is 18.6. The van der Waals surface area contributed by atoms with E-state index in [4.69, 9.17) is 0 Å². The number of hydrogen-bond donors (Lipinski definition) is 1. The lowest BCUT2D eigenvalue weighted by molar-refractivity contribution is 0.102. The van der Waals surface area contributed by atoms with Crippen molar-refractivity contribution in [3.8, 4) is 0 Å². The van der Waals surface area contributed by atoms with Gasteiger partial charge in [-0.05, 0) is 42.2 Å². The molecule has 0 saturated carbocycles. The van der Waals surface area contributed by atoms with Crippen LogP contribution >= 0.6 is 0 Å². The van der Waals surface area contributed by atoms with Gasteiger partial charge in [0, 0.05) is 12.2 Å². The third-order valence-electron chi connectivity index (χ3n) is 5.23. The van der Waals surface area contributed by atoms with Crippen molar-refractivity contribution in [3.63, 3.8) is 0 Å². The van der Waals surface area contributed by atoms with Gasteiger partial charge in [-0.2, -0.15) is 0 Å². The third kappa shape index (κ3) is 4.69. The van der Waals surface area contributed by atoms with Crippen LogP contribution in [-0.4, -0.2) is 12.5 Å². The highest BCUT2D eigenvalue weighted by Gasteiger charge is 2.28. The number of carbonyl (C=O) groups is 1. The Kier molecular flexibility index (Phi) is 6.76. The molecule has 0 radical (unpaired) electrons. The molecule has 3 rings (SSSR count). The molecule has 0 aliphatic carbocycles. The van der Waals surface area contributed by atoms with Gasteiger partial charge in [0.2, 0.25) is 5.82 Å². The summed E-state index contributed by atoms with van der Waals surface area (Å²) in [6.45, 7) is 8.27. The topological polar surface area (TPSA) is 32.3 Å². The zero-order chi connectivity index (χ0) is 24.5. The predicted octanol–water partition coefficient (Wildman–Crippen LogP) is 7.09. The number of para-hydroxylation sites is 1. The first kappa shape index (κ1) is 24.2. The number of carbonyl (C=O) groups excluding carboxylic acids is 1. The van der Waals surface area contributed by atoms with Gasteiger partial charge in [0.15, 0.2) is 23.3 Å². The Morgan fingerprint density at radius 1 is 0.848 bits per heavy atom. The fourth-order valence-electron chi connectivity index (χ4n) is 3.41. The molecule has 0 saturated heterocycles. The summed E-state index contributed by atoms with van der Waals surface area (Å²) in [6.07, 6.45) is 0. The van der Waals surface area contributed by atoms with Crippen molar-refractivity contribution in [2.75, 3.05) is 16.8 Å². The first-order valence-electron chi connectivity index (χ1n) is 10.3. The molecule has 3 nitrogen and oxygen atoms in total. The normalized spacial score (nSPS) is 11.4. The van der Waals surface area contributed by atoms with Crippen LogP contribution in [-0.2, 0) is 5.41 Å². The minimum atomic E-state index is -2.29. The number of nitrogens with one attached hydrogen (secondary N) is 1. The summed E-state index contributed by atoms with van der Waals surface area (Å²) in [5.41, 5.74) is 0.414. The van der Waals surface area contributed by atoms with E-state index in [2.05, 4.69) is 0 Å². The molecule has 0 spiro atoms. The average molecular weight is 462 g/mol. The number of halogens is 5. The molecule has 3 aromatic rings. The molecule has 1 amide bonds. The summed E-state index contributed by atoms with van der Waals surface area (Å²) in [6, 6.07) is 14.1. The second-order valence-corrected chi connectivity index (χ2v) is 8.46. The van der Waals surface area contributed by atoms with Gasteiger partial charge in [-0.3, -0.25) is 4.79 Å². The number of anilines is 3. The lowest BCUT2D eigenvalue weighted by atomic mass is 9.86. The Morgan fingerprint density at radius 3 is 1.91 bits per heavy atom. The van der Waals surface area contributed by atoms with Crippen molar-refractivity contribution in [2.24, 2.45) is 0 Å². The van der Waals surface area contributed by atoms with E-state index in [1.54, 1.807) is 12.1 Å². The molecule has 0 heterocycles. The van der Waals surface area contributed by atoms with Crippen molar-refractivity contribution in [3.05, 3.63) is 88.7 Å². The monoisotopic (exact) mass is 462 g/mol. The summed E-state index contributed by atoms with van der Waals surface area (Å²) in [5, 5.41) is 1.87. The van der Waals surface area contributed by atoms with E-state index in [0.717, 1.165) is 11.3 Å². The van der Waals surface area contributed by atoms with Crippen LogP contribution in [0.1, 0.15) is 43.6 Å². The van der Waals surface area contributed by atoms with Crippen LogP contribution < -0.4 is 10.2 Å². The van der Waals surface area contributed by atoms with E-state index in [1.165, 1.54) is 6.07 Å². The van der Waals surface area contributed by atoms with Crippen LogP contribution in [0.15, 0.2) is 48.5 Å². The van der Waals surface area contributed by atoms with Gasteiger partial charge >= 0.3 is 0 Å². The van der Waals surface area contributed by atoms with Crippen molar-refractivity contribution in [1.82, 2.24) is 0 Å². The van der Waals surface area contributed by atoms with E-state index >= 15 is 0 Å². The average Bonchev–Trinajstić information content (AvgIpc) is 2.79. The minimum absolute atomic E-state index is 0.0117. The molecule has 33 heavy (non-hydrogen) atoms. The lowest BCUT2D eigenvalue weighted by Crippen LogP contribution is -2.24. The second-order valence-electron chi connectivity index (χ2n) is 8.46. The Balaban J connectivity index is 2.14. The Labute approximate surface area is 188 Å². The zero-order valence-corrected chi connectivity index (χ0v) is 18.6. The number of nitrogens with zero attached hydrogens (tertiary/aromatic N) is 1. The highest BCUT2D eigenvalue weighted by molar-refractivity contribution is 6.09. The lowest BCUT2D eigenvalue weighted by Gasteiger charge is -2.28.